The lowest BCUT2D eigenvalue weighted by molar-refractivity contribution is 0.0782. The van der Waals surface area contributed by atoms with Crippen LogP contribution in [0.2, 0.25) is 0 Å². The monoisotopic (exact) mass is 355 g/mol. The summed E-state index contributed by atoms with van der Waals surface area (Å²) in [5.74, 6) is -1.19. The highest BCUT2D eigenvalue weighted by Crippen LogP contribution is 2.26. The Labute approximate surface area is 150 Å². The molecule has 1 atom stereocenters. The molecule has 0 aliphatic heterocycles. The molecule has 0 radical (unpaired) electrons. The van der Waals surface area contributed by atoms with Crippen LogP contribution in [0, 0.1) is 0 Å². The molecule has 1 aliphatic carbocycles. The number of carbonyl (C=O) groups excluding carboxylic acids is 2. The Hall–Kier alpha value is -2.93. The summed E-state index contributed by atoms with van der Waals surface area (Å²) in [4.78, 5) is 38.9. The predicted octanol–water partition coefficient (Wildman–Crippen LogP) is 0.763. The van der Waals surface area contributed by atoms with Gasteiger partial charge >= 0.3 is 0 Å². The highest BCUT2D eigenvalue weighted by Gasteiger charge is 2.32. The van der Waals surface area contributed by atoms with Crippen LogP contribution in [0.3, 0.4) is 0 Å². The van der Waals surface area contributed by atoms with Crippen LogP contribution >= 0.6 is 0 Å². The highest BCUT2D eigenvalue weighted by molar-refractivity contribution is 5.98. The van der Waals surface area contributed by atoms with E-state index in [1.54, 1.807) is 31.3 Å². The molecule has 7 heteroatoms. The summed E-state index contributed by atoms with van der Waals surface area (Å²) in [7, 11) is 1.64. The zero-order chi connectivity index (χ0) is 18.8. The van der Waals surface area contributed by atoms with Crippen molar-refractivity contribution >= 4 is 11.8 Å². The highest BCUT2D eigenvalue weighted by atomic mass is 16.3. The minimum Gasteiger partial charge on any atom is -0.394 e. The van der Waals surface area contributed by atoms with E-state index in [1.165, 1.54) is 21.7 Å². The van der Waals surface area contributed by atoms with E-state index in [2.05, 4.69) is 0 Å². The van der Waals surface area contributed by atoms with Crippen molar-refractivity contribution in [2.75, 3.05) is 13.7 Å². The molecule has 0 unspecified atom stereocenters. The Morgan fingerprint density at radius 1 is 1.31 bits per heavy atom. The van der Waals surface area contributed by atoms with Crippen molar-refractivity contribution < 1.29 is 14.7 Å². The number of hydrogen-bond donors (Lipinski definition) is 2. The first-order valence-corrected chi connectivity index (χ1v) is 8.43. The van der Waals surface area contributed by atoms with Gasteiger partial charge < -0.3 is 20.3 Å². The van der Waals surface area contributed by atoms with E-state index in [4.69, 9.17) is 5.73 Å². The molecule has 1 saturated carbocycles. The second-order valence-corrected chi connectivity index (χ2v) is 6.48. The Morgan fingerprint density at radius 3 is 2.50 bits per heavy atom. The van der Waals surface area contributed by atoms with Crippen molar-refractivity contribution in [3.05, 3.63) is 69.6 Å². The Kier molecular flexibility index (Phi) is 4.90. The number of amides is 2. The predicted molar refractivity (Wildman–Crippen MR) is 96.0 cm³/mol. The number of aliphatic hydroxyl groups is 1. The standard InChI is InChI=1S/C19H21N3O4/c1-21(14-7-8-14)18(25)15-9-13(17(20)24)10-22(19(15)26)16(11-23)12-5-3-2-4-6-12/h2-6,9-10,14,16,23H,7-8,11H2,1H3,(H2,20,24)/t16-/m0/s1. The first-order valence-electron chi connectivity index (χ1n) is 8.43. The van der Waals surface area contributed by atoms with Crippen molar-refractivity contribution in [3.63, 3.8) is 0 Å². The summed E-state index contributed by atoms with van der Waals surface area (Å²) in [5, 5.41) is 9.85. The SMILES string of the molecule is CN(C(=O)c1cc(C(N)=O)cn([C@@H](CO)c2ccccc2)c1=O)C1CC1. The molecule has 1 aromatic carbocycles. The molecular formula is C19H21N3O4. The van der Waals surface area contributed by atoms with Gasteiger partial charge in [0.25, 0.3) is 11.5 Å². The maximum atomic E-state index is 13.0. The van der Waals surface area contributed by atoms with E-state index in [1.807, 2.05) is 6.07 Å². The molecule has 136 valence electrons. The van der Waals surface area contributed by atoms with Gasteiger partial charge in [-0.3, -0.25) is 14.4 Å². The summed E-state index contributed by atoms with van der Waals surface area (Å²) in [6, 6.07) is 9.56. The number of hydrogen-bond acceptors (Lipinski definition) is 4. The lowest BCUT2D eigenvalue weighted by Gasteiger charge is -2.21. The van der Waals surface area contributed by atoms with Crippen molar-refractivity contribution in [1.29, 1.82) is 0 Å². The molecule has 1 aliphatic rings. The van der Waals surface area contributed by atoms with Crippen LogP contribution in [0.25, 0.3) is 0 Å². The van der Waals surface area contributed by atoms with Crippen molar-refractivity contribution in [1.82, 2.24) is 9.47 Å². The second-order valence-electron chi connectivity index (χ2n) is 6.48. The Bertz CT molecular complexity index is 887. The second kappa shape index (κ2) is 7.13. The van der Waals surface area contributed by atoms with Crippen LogP contribution in [0.1, 0.15) is 45.2 Å². The van der Waals surface area contributed by atoms with Crippen LogP contribution < -0.4 is 11.3 Å². The number of aromatic nitrogens is 1. The van der Waals surface area contributed by atoms with E-state index >= 15 is 0 Å². The number of carbonyl (C=O) groups is 2. The molecule has 2 aromatic rings. The lowest BCUT2D eigenvalue weighted by Crippen LogP contribution is -2.38. The minimum absolute atomic E-state index is 0.0477. The van der Waals surface area contributed by atoms with Gasteiger partial charge in [0.2, 0.25) is 5.91 Å². The minimum atomic E-state index is -0.744. The molecule has 7 nitrogen and oxygen atoms in total. The summed E-state index contributed by atoms with van der Waals surface area (Å²) in [6.45, 7) is -0.363. The number of primary amides is 1. The zero-order valence-electron chi connectivity index (χ0n) is 14.5. The molecule has 0 spiro atoms. The molecule has 2 amide bonds. The molecule has 0 bridgehead atoms. The largest absolute Gasteiger partial charge is 0.394 e. The summed E-state index contributed by atoms with van der Waals surface area (Å²) in [5.41, 5.74) is 5.44. The Balaban J connectivity index is 2.13. The van der Waals surface area contributed by atoms with Crippen LogP contribution in [0.4, 0.5) is 0 Å². The maximum Gasteiger partial charge on any atom is 0.264 e. The van der Waals surface area contributed by atoms with Crippen LogP contribution in [0.15, 0.2) is 47.4 Å². The third-order valence-electron chi connectivity index (χ3n) is 4.67. The van der Waals surface area contributed by atoms with Crippen LogP contribution in [-0.4, -0.2) is 46.1 Å². The summed E-state index contributed by atoms with van der Waals surface area (Å²) < 4.78 is 1.21. The number of aliphatic hydroxyl groups excluding tert-OH is 1. The van der Waals surface area contributed by atoms with Crippen molar-refractivity contribution in [2.45, 2.75) is 24.9 Å². The van der Waals surface area contributed by atoms with Gasteiger partial charge in [-0.05, 0) is 24.5 Å². The number of nitrogens with two attached hydrogens (primary N) is 1. The molecule has 1 heterocycles. The van der Waals surface area contributed by atoms with E-state index in [-0.39, 0.29) is 23.8 Å². The maximum absolute atomic E-state index is 13.0. The third kappa shape index (κ3) is 3.39. The summed E-state index contributed by atoms with van der Waals surface area (Å²) >= 11 is 0. The topological polar surface area (TPSA) is 106 Å². The fourth-order valence-electron chi connectivity index (χ4n) is 2.97. The number of rotatable bonds is 6. The zero-order valence-corrected chi connectivity index (χ0v) is 14.5. The molecule has 0 saturated heterocycles. The van der Waals surface area contributed by atoms with E-state index in [0.29, 0.717) is 5.56 Å². The molecule has 1 fully saturated rings. The first kappa shape index (κ1) is 17.9. The fourth-order valence-corrected chi connectivity index (χ4v) is 2.97. The fraction of sp³-hybridized carbons (Fsp3) is 0.316. The molecular weight excluding hydrogens is 334 g/mol. The van der Waals surface area contributed by atoms with E-state index < -0.39 is 23.4 Å². The van der Waals surface area contributed by atoms with Gasteiger partial charge in [-0.15, -0.1) is 0 Å². The molecule has 3 rings (SSSR count). The number of benzene rings is 1. The average Bonchev–Trinajstić information content (AvgIpc) is 3.48. The average molecular weight is 355 g/mol. The van der Waals surface area contributed by atoms with Gasteiger partial charge in [0.05, 0.1) is 18.2 Å². The van der Waals surface area contributed by atoms with E-state index in [0.717, 1.165) is 12.8 Å². The molecule has 26 heavy (non-hydrogen) atoms. The van der Waals surface area contributed by atoms with Crippen LogP contribution in [0.5, 0.6) is 0 Å². The molecule has 1 aromatic heterocycles. The van der Waals surface area contributed by atoms with E-state index in [9.17, 15) is 19.5 Å². The van der Waals surface area contributed by atoms with Crippen molar-refractivity contribution in [2.24, 2.45) is 5.73 Å². The van der Waals surface area contributed by atoms with Gasteiger partial charge in [-0.25, -0.2) is 0 Å². The summed E-state index contributed by atoms with van der Waals surface area (Å²) in [6.07, 6.45) is 3.09. The van der Waals surface area contributed by atoms with Gasteiger partial charge in [-0.2, -0.15) is 0 Å². The van der Waals surface area contributed by atoms with Gasteiger partial charge in [-0.1, -0.05) is 30.3 Å². The van der Waals surface area contributed by atoms with Gasteiger partial charge in [0.15, 0.2) is 0 Å². The number of nitrogens with zero attached hydrogens (tertiary/aromatic N) is 2. The Morgan fingerprint density at radius 2 is 1.96 bits per heavy atom. The molecule has 3 N–H and O–H groups in total. The van der Waals surface area contributed by atoms with Crippen LogP contribution in [-0.2, 0) is 0 Å². The quantitative estimate of drug-likeness (QED) is 0.798. The smallest absolute Gasteiger partial charge is 0.264 e. The normalized spacial score (nSPS) is 14.7. The third-order valence-corrected chi connectivity index (χ3v) is 4.67. The first-order chi connectivity index (χ1) is 12.4. The lowest BCUT2D eigenvalue weighted by atomic mass is 10.1. The van der Waals surface area contributed by atoms with Crippen molar-refractivity contribution in [3.8, 4) is 0 Å². The van der Waals surface area contributed by atoms with Gasteiger partial charge in [0, 0.05) is 19.3 Å². The van der Waals surface area contributed by atoms with Gasteiger partial charge in [0.1, 0.15) is 5.56 Å². The number of pyridine rings is 1.